The zero-order valence-corrected chi connectivity index (χ0v) is 9.82. The number of benzene rings is 1. The lowest BCUT2D eigenvalue weighted by molar-refractivity contribution is 0.386. The molecule has 78 valence electrons. The molecule has 0 bridgehead atoms. The van der Waals surface area contributed by atoms with E-state index in [-0.39, 0.29) is 10.9 Å². The third kappa shape index (κ3) is 1.95. The fourth-order valence-corrected chi connectivity index (χ4v) is 2.96. The van der Waals surface area contributed by atoms with Crippen molar-refractivity contribution in [1.29, 1.82) is 0 Å². The van der Waals surface area contributed by atoms with Crippen molar-refractivity contribution in [2.45, 2.75) is 19.6 Å². The molecule has 14 heavy (non-hydrogen) atoms. The van der Waals surface area contributed by atoms with Crippen molar-refractivity contribution in [2.75, 3.05) is 7.11 Å². The van der Waals surface area contributed by atoms with Gasteiger partial charge in [0, 0.05) is 5.19 Å². The van der Waals surface area contributed by atoms with Crippen molar-refractivity contribution in [2.24, 2.45) is 0 Å². The number of hydrogen-bond donors (Lipinski definition) is 0. The summed E-state index contributed by atoms with van der Waals surface area (Å²) in [5.74, 6) is -0.905. The first-order chi connectivity index (χ1) is 6.38. The molecule has 1 aromatic rings. The standard InChI is InChI=1S/C10H14F2OSi/c1-13-8-6-5-7(11)10(9(8)12)14(2,3)4/h5-6H,1-4H3. The fraction of sp³-hybridized carbons (Fsp3) is 0.400. The van der Waals surface area contributed by atoms with Gasteiger partial charge in [-0.25, -0.2) is 8.78 Å². The van der Waals surface area contributed by atoms with Crippen molar-refractivity contribution < 1.29 is 13.5 Å². The highest BCUT2D eigenvalue weighted by Gasteiger charge is 2.27. The van der Waals surface area contributed by atoms with Gasteiger partial charge in [-0.05, 0) is 12.1 Å². The molecule has 0 aliphatic rings. The Hall–Kier alpha value is -0.903. The van der Waals surface area contributed by atoms with E-state index in [1.165, 1.54) is 19.2 Å². The smallest absolute Gasteiger partial charge is 0.167 e. The first-order valence-electron chi connectivity index (χ1n) is 4.40. The predicted molar refractivity (Wildman–Crippen MR) is 55.9 cm³/mol. The maximum atomic E-state index is 13.7. The minimum absolute atomic E-state index is 0.115. The Bertz CT molecular complexity index is 345. The Morgan fingerprint density at radius 2 is 1.71 bits per heavy atom. The number of methoxy groups -OCH3 is 1. The van der Waals surface area contributed by atoms with Crippen molar-refractivity contribution in [3.8, 4) is 5.75 Å². The predicted octanol–water partition coefficient (Wildman–Crippen LogP) is 2.52. The molecule has 0 unspecified atom stereocenters. The molecule has 0 heterocycles. The number of ether oxygens (including phenoxy) is 1. The van der Waals surface area contributed by atoms with Crippen LogP contribution < -0.4 is 9.92 Å². The molecule has 0 N–H and O–H groups in total. The summed E-state index contributed by atoms with van der Waals surface area (Å²) >= 11 is 0. The first-order valence-corrected chi connectivity index (χ1v) is 7.90. The average Bonchev–Trinajstić information content (AvgIpc) is 2.02. The second kappa shape index (κ2) is 3.69. The van der Waals surface area contributed by atoms with Gasteiger partial charge in [0.05, 0.1) is 15.2 Å². The van der Waals surface area contributed by atoms with Gasteiger partial charge in [0.1, 0.15) is 5.82 Å². The van der Waals surface area contributed by atoms with Gasteiger partial charge < -0.3 is 4.74 Å². The zero-order chi connectivity index (χ0) is 10.9. The Kier molecular flexibility index (Phi) is 2.94. The second-order valence-electron chi connectivity index (χ2n) is 4.19. The van der Waals surface area contributed by atoms with Crippen LogP contribution in [0.5, 0.6) is 5.75 Å². The third-order valence-electron chi connectivity index (χ3n) is 2.03. The van der Waals surface area contributed by atoms with Crippen LogP contribution in [-0.4, -0.2) is 15.2 Å². The van der Waals surface area contributed by atoms with E-state index in [4.69, 9.17) is 4.74 Å². The third-order valence-corrected chi connectivity index (χ3v) is 3.98. The first kappa shape index (κ1) is 11.2. The van der Waals surface area contributed by atoms with Gasteiger partial charge in [-0.15, -0.1) is 0 Å². The molecule has 1 aromatic carbocycles. The highest BCUT2D eigenvalue weighted by molar-refractivity contribution is 6.88. The summed E-state index contributed by atoms with van der Waals surface area (Å²) < 4.78 is 31.9. The Morgan fingerprint density at radius 1 is 1.14 bits per heavy atom. The van der Waals surface area contributed by atoms with Crippen molar-refractivity contribution in [3.63, 3.8) is 0 Å². The van der Waals surface area contributed by atoms with Crippen LogP contribution in [0.25, 0.3) is 0 Å². The summed E-state index contributed by atoms with van der Waals surface area (Å²) in [4.78, 5) is 0. The maximum Gasteiger partial charge on any atom is 0.167 e. The molecular formula is C10H14F2OSi. The molecule has 0 aromatic heterocycles. The number of hydrogen-bond acceptors (Lipinski definition) is 1. The largest absolute Gasteiger partial charge is 0.494 e. The van der Waals surface area contributed by atoms with E-state index >= 15 is 0 Å². The summed E-state index contributed by atoms with van der Waals surface area (Å²) in [7, 11) is -0.621. The van der Waals surface area contributed by atoms with Gasteiger partial charge in [0.2, 0.25) is 0 Å². The van der Waals surface area contributed by atoms with Crippen LogP contribution in [0.2, 0.25) is 19.6 Å². The zero-order valence-electron chi connectivity index (χ0n) is 8.82. The van der Waals surface area contributed by atoms with Crippen LogP contribution in [0.4, 0.5) is 8.78 Å². The average molecular weight is 216 g/mol. The molecule has 0 aliphatic carbocycles. The van der Waals surface area contributed by atoms with E-state index in [2.05, 4.69) is 0 Å². The molecule has 0 fully saturated rings. The van der Waals surface area contributed by atoms with Gasteiger partial charge in [0.25, 0.3) is 0 Å². The van der Waals surface area contributed by atoms with Crippen LogP contribution in [-0.2, 0) is 0 Å². The summed E-state index contributed by atoms with van der Waals surface area (Å²) in [5, 5.41) is 0.205. The quantitative estimate of drug-likeness (QED) is 0.690. The van der Waals surface area contributed by atoms with Gasteiger partial charge in [-0.3, -0.25) is 0 Å². The van der Waals surface area contributed by atoms with E-state index in [1.807, 2.05) is 19.6 Å². The molecular weight excluding hydrogens is 202 g/mol. The normalized spacial score (nSPS) is 11.6. The van der Waals surface area contributed by atoms with Gasteiger partial charge in [-0.2, -0.15) is 0 Å². The van der Waals surface area contributed by atoms with Gasteiger partial charge in [-0.1, -0.05) is 19.6 Å². The highest BCUT2D eigenvalue weighted by atomic mass is 28.3. The fourth-order valence-electron chi connectivity index (χ4n) is 1.38. The van der Waals surface area contributed by atoms with E-state index in [0.717, 1.165) is 0 Å². The molecule has 0 saturated carbocycles. The van der Waals surface area contributed by atoms with Crippen LogP contribution in [0.15, 0.2) is 12.1 Å². The lowest BCUT2D eigenvalue weighted by Gasteiger charge is -2.19. The Labute approximate surface area is 83.7 Å². The Balaban J connectivity index is 3.40. The van der Waals surface area contributed by atoms with Gasteiger partial charge in [0.15, 0.2) is 11.6 Å². The molecule has 1 nitrogen and oxygen atoms in total. The van der Waals surface area contributed by atoms with E-state index in [0.29, 0.717) is 0 Å². The molecule has 4 heteroatoms. The monoisotopic (exact) mass is 216 g/mol. The van der Waals surface area contributed by atoms with E-state index in [1.54, 1.807) is 0 Å². The van der Waals surface area contributed by atoms with E-state index < -0.39 is 19.7 Å². The number of halogens is 2. The molecule has 0 saturated heterocycles. The molecule has 0 atom stereocenters. The van der Waals surface area contributed by atoms with Crippen LogP contribution in [0.1, 0.15) is 0 Å². The SMILES string of the molecule is COc1ccc(F)c([Si](C)(C)C)c1F. The minimum Gasteiger partial charge on any atom is -0.494 e. The summed E-state index contributed by atoms with van der Waals surface area (Å²) in [6.45, 7) is 5.69. The molecule has 0 spiro atoms. The van der Waals surface area contributed by atoms with Crippen molar-refractivity contribution >= 4 is 13.3 Å². The second-order valence-corrected chi connectivity index (χ2v) is 9.19. The molecule has 0 amide bonds. The van der Waals surface area contributed by atoms with Crippen LogP contribution >= 0.6 is 0 Å². The van der Waals surface area contributed by atoms with Crippen molar-refractivity contribution in [3.05, 3.63) is 23.8 Å². The lowest BCUT2D eigenvalue weighted by atomic mass is 10.3. The molecule has 1 rings (SSSR count). The van der Waals surface area contributed by atoms with E-state index in [9.17, 15) is 8.78 Å². The van der Waals surface area contributed by atoms with Gasteiger partial charge >= 0.3 is 0 Å². The lowest BCUT2D eigenvalue weighted by Crippen LogP contribution is -2.42. The van der Waals surface area contributed by atoms with Crippen LogP contribution in [0, 0.1) is 11.6 Å². The maximum absolute atomic E-state index is 13.7. The summed E-state index contributed by atoms with van der Waals surface area (Å²) in [6.07, 6.45) is 0. The summed E-state index contributed by atoms with van der Waals surface area (Å²) in [5.41, 5.74) is 0. The minimum atomic E-state index is -2.00. The highest BCUT2D eigenvalue weighted by Crippen LogP contribution is 2.19. The Morgan fingerprint density at radius 3 is 2.14 bits per heavy atom. The van der Waals surface area contributed by atoms with Crippen LogP contribution in [0.3, 0.4) is 0 Å². The topological polar surface area (TPSA) is 9.23 Å². The van der Waals surface area contributed by atoms with Crippen molar-refractivity contribution in [1.82, 2.24) is 0 Å². The molecule has 0 aliphatic heterocycles. The molecule has 0 radical (unpaired) electrons. The number of rotatable bonds is 2. The summed E-state index contributed by atoms with van der Waals surface area (Å²) in [6, 6.07) is 2.57.